The molecule has 0 fully saturated rings. The van der Waals surface area contributed by atoms with Crippen molar-refractivity contribution in [1.82, 2.24) is 0 Å². The lowest BCUT2D eigenvalue weighted by molar-refractivity contribution is 0.102. The highest BCUT2D eigenvalue weighted by atomic mass is 79.9. The average molecular weight is 338 g/mol. The van der Waals surface area contributed by atoms with Gasteiger partial charge in [-0.05, 0) is 52.7 Å². The van der Waals surface area contributed by atoms with E-state index in [2.05, 4.69) is 21.2 Å². The van der Waals surface area contributed by atoms with Gasteiger partial charge >= 0.3 is 0 Å². The fraction of sp³-hybridized carbons (Fsp3) is 0.133. The van der Waals surface area contributed by atoms with Gasteiger partial charge in [-0.1, -0.05) is 6.07 Å². The lowest BCUT2D eigenvalue weighted by Crippen LogP contribution is -2.13. The summed E-state index contributed by atoms with van der Waals surface area (Å²) in [5, 5.41) is 2.54. The van der Waals surface area contributed by atoms with Crippen molar-refractivity contribution in [2.24, 2.45) is 0 Å². The van der Waals surface area contributed by atoms with Crippen LogP contribution < -0.4 is 10.1 Å². The molecular weight excluding hydrogens is 325 g/mol. The summed E-state index contributed by atoms with van der Waals surface area (Å²) in [5.41, 5.74) is 1.56. The van der Waals surface area contributed by atoms with Gasteiger partial charge in [0.1, 0.15) is 11.6 Å². The van der Waals surface area contributed by atoms with Crippen LogP contribution in [0.1, 0.15) is 15.9 Å². The number of benzene rings is 2. The van der Waals surface area contributed by atoms with Crippen LogP contribution in [0.25, 0.3) is 0 Å². The number of aryl methyl sites for hydroxylation is 1. The van der Waals surface area contributed by atoms with Crippen LogP contribution in [0.5, 0.6) is 5.75 Å². The monoisotopic (exact) mass is 337 g/mol. The number of rotatable bonds is 3. The van der Waals surface area contributed by atoms with Gasteiger partial charge in [0.05, 0.1) is 18.4 Å². The number of ether oxygens (including phenoxy) is 1. The SMILES string of the molecule is COc1ccc(F)c(NC(=O)c2ccc(C)cc2Br)c1. The maximum Gasteiger partial charge on any atom is 0.256 e. The van der Waals surface area contributed by atoms with Crippen LogP contribution >= 0.6 is 15.9 Å². The van der Waals surface area contributed by atoms with Crippen LogP contribution in [0.15, 0.2) is 40.9 Å². The maximum absolute atomic E-state index is 13.7. The first-order chi connectivity index (χ1) is 9.51. The predicted octanol–water partition coefficient (Wildman–Crippen LogP) is 4.16. The molecular formula is C15H13BrFNO2. The minimum Gasteiger partial charge on any atom is -0.497 e. The van der Waals surface area contributed by atoms with Crippen LogP contribution in [0, 0.1) is 12.7 Å². The summed E-state index contributed by atoms with van der Waals surface area (Å²) in [4.78, 5) is 12.1. The number of carbonyl (C=O) groups is 1. The van der Waals surface area contributed by atoms with E-state index in [0.29, 0.717) is 15.8 Å². The molecule has 20 heavy (non-hydrogen) atoms. The van der Waals surface area contributed by atoms with E-state index in [1.54, 1.807) is 6.07 Å². The fourth-order valence-electron chi connectivity index (χ4n) is 1.72. The van der Waals surface area contributed by atoms with Crippen LogP contribution in [0.2, 0.25) is 0 Å². The second kappa shape index (κ2) is 6.05. The molecule has 2 aromatic carbocycles. The second-order valence-corrected chi connectivity index (χ2v) is 5.14. The molecule has 0 saturated carbocycles. The van der Waals surface area contributed by atoms with Crippen molar-refractivity contribution in [2.75, 3.05) is 12.4 Å². The lowest BCUT2D eigenvalue weighted by Gasteiger charge is -2.09. The third kappa shape index (κ3) is 3.17. The van der Waals surface area contributed by atoms with E-state index in [4.69, 9.17) is 4.74 Å². The van der Waals surface area contributed by atoms with Crippen molar-refractivity contribution in [3.8, 4) is 5.75 Å². The first kappa shape index (κ1) is 14.5. The fourth-order valence-corrected chi connectivity index (χ4v) is 2.39. The smallest absolute Gasteiger partial charge is 0.256 e. The molecule has 2 aromatic rings. The Morgan fingerprint density at radius 1 is 1.25 bits per heavy atom. The number of hydrogen-bond donors (Lipinski definition) is 1. The van der Waals surface area contributed by atoms with Crippen LogP contribution in [0.4, 0.5) is 10.1 Å². The van der Waals surface area contributed by atoms with E-state index < -0.39 is 5.82 Å². The number of carbonyl (C=O) groups excluding carboxylic acids is 1. The van der Waals surface area contributed by atoms with E-state index >= 15 is 0 Å². The molecule has 0 heterocycles. The molecule has 0 spiro atoms. The molecule has 0 aromatic heterocycles. The molecule has 0 radical (unpaired) electrons. The van der Waals surface area contributed by atoms with Crippen LogP contribution in [-0.4, -0.2) is 13.0 Å². The molecule has 104 valence electrons. The molecule has 0 unspecified atom stereocenters. The van der Waals surface area contributed by atoms with Gasteiger partial charge in [0.15, 0.2) is 0 Å². The third-order valence-corrected chi connectivity index (χ3v) is 3.45. The molecule has 0 aliphatic rings. The molecule has 1 amide bonds. The van der Waals surface area contributed by atoms with Crippen molar-refractivity contribution in [2.45, 2.75) is 6.92 Å². The second-order valence-electron chi connectivity index (χ2n) is 4.28. The van der Waals surface area contributed by atoms with E-state index in [9.17, 15) is 9.18 Å². The number of halogens is 2. The highest BCUT2D eigenvalue weighted by Crippen LogP contribution is 2.24. The quantitative estimate of drug-likeness (QED) is 0.913. The van der Waals surface area contributed by atoms with Crippen molar-refractivity contribution in [3.05, 3.63) is 57.8 Å². The van der Waals surface area contributed by atoms with Gasteiger partial charge in [-0.25, -0.2) is 4.39 Å². The summed E-state index contributed by atoms with van der Waals surface area (Å²) >= 11 is 3.33. The zero-order valence-electron chi connectivity index (χ0n) is 11.0. The summed E-state index contributed by atoms with van der Waals surface area (Å²) in [5.74, 6) is -0.420. The third-order valence-electron chi connectivity index (χ3n) is 2.79. The van der Waals surface area contributed by atoms with Gasteiger partial charge in [-0.2, -0.15) is 0 Å². The molecule has 5 heteroatoms. The van der Waals surface area contributed by atoms with E-state index in [0.717, 1.165) is 5.56 Å². The largest absolute Gasteiger partial charge is 0.497 e. The van der Waals surface area contributed by atoms with Crippen molar-refractivity contribution < 1.29 is 13.9 Å². The zero-order chi connectivity index (χ0) is 14.7. The highest BCUT2D eigenvalue weighted by Gasteiger charge is 2.13. The van der Waals surface area contributed by atoms with Crippen molar-refractivity contribution in [1.29, 1.82) is 0 Å². The summed E-state index contributed by atoms with van der Waals surface area (Å²) < 4.78 is 19.3. The van der Waals surface area contributed by atoms with Gasteiger partial charge in [-0.3, -0.25) is 4.79 Å². The van der Waals surface area contributed by atoms with Crippen LogP contribution in [0.3, 0.4) is 0 Å². The average Bonchev–Trinajstić information content (AvgIpc) is 2.41. The standard InChI is InChI=1S/C15H13BrFNO2/c1-9-3-5-11(12(16)7-9)15(19)18-14-8-10(20-2)4-6-13(14)17/h3-8H,1-2H3,(H,18,19). The molecule has 0 saturated heterocycles. The summed E-state index contributed by atoms with van der Waals surface area (Å²) in [6.07, 6.45) is 0. The van der Waals surface area contributed by atoms with Gasteiger partial charge < -0.3 is 10.1 Å². The topological polar surface area (TPSA) is 38.3 Å². The number of anilines is 1. The van der Waals surface area contributed by atoms with E-state index in [1.165, 1.54) is 25.3 Å². The number of methoxy groups -OCH3 is 1. The molecule has 0 atom stereocenters. The minimum atomic E-state index is -0.512. The van der Waals surface area contributed by atoms with Gasteiger partial charge in [0.25, 0.3) is 5.91 Å². The highest BCUT2D eigenvalue weighted by molar-refractivity contribution is 9.10. The Morgan fingerprint density at radius 2 is 2.00 bits per heavy atom. The first-order valence-corrected chi connectivity index (χ1v) is 6.71. The van der Waals surface area contributed by atoms with Gasteiger partial charge in [0, 0.05) is 10.5 Å². The summed E-state index contributed by atoms with van der Waals surface area (Å²) in [6.45, 7) is 1.92. The molecule has 2 rings (SSSR count). The lowest BCUT2D eigenvalue weighted by atomic mass is 10.1. The molecule has 1 N–H and O–H groups in total. The zero-order valence-corrected chi connectivity index (χ0v) is 12.6. The van der Waals surface area contributed by atoms with Crippen LogP contribution in [-0.2, 0) is 0 Å². The van der Waals surface area contributed by atoms with E-state index in [-0.39, 0.29) is 11.6 Å². The van der Waals surface area contributed by atoms with E-state index in [1.807, 2.05) is 19.1 Å². The molecule has 0 bridgehead atoms. The Kier molecular flexibility index (Phi) is 4.39. The van der Waals surface area contributed by atoms with Gasteiger partial charge in [-0.15, -0.1) is 0 Å². The molecule has 0 aliphatic heterocycles. The maximum atomic E-state index is 13.7. The predicted molar refractivity (Wildman–Crippen MR) is 79.8 cm³/mol. The van der Waals surface area contributed by atoms with Gasteiger partial charge in [0.2, 0.25) is 0 Å². The first-order valence-electron chi connectivity index (χ1n) is 5.92. The number of hydrogen-bond acceptors (Lipinski definition) is 2. The Balaban J connectivity index is 2.27. The Labute approximate surface area is 124 Å². The Hall–Kier alpha value is -1.88. The minimum absolute atomic E-state index is 0.0850. The summed E-state index contributed by atoms with van der Waals surface area (Å²) in [6, 6.07) is 9.52. The number of amides is 1. The number of nitrogens with one attached hydrogen (secondary N) is 1. The molecule has 0 aliphatic carbocycles. The Morgan fingerprint density at radius 3 is 2.65 bits per heavy atom. The van der Waals surface area contributed by atoms with Crippen molar-refractivity contribution >= 4 is 27.5 Å². The normalized spacial score (nSPS) is 10.2. The Bertz CT molecular complexity index is 658. The van der Waals surface area contributed by atoms with Crippen molar-refractivity contribution in [3.63, 3.8) is 0 Å². The molecule has 3 nitrogen and oxygen atoms in total. The summed E-state index contributed by atoms with van der Waals surface area (Å²) in [7, 11) is 1.48.